The molecule has 0 spiro atoms. The van der Waals surface area contributed by atoms with Crippen LogP contribution in [0.15, 0.2) is 24.3 Å². The third-order valence-electron chi connectivity index (χ3n) is 2.86. The molecule has 1 unspecified atom stereocenters. The molecule has 0 aliphatic rings. The third kappa shape index (κ3) is 8.39. The lowest BCUT2D eigenvalue weighted by atomic mass is 10.1. The van der Waals surface area contributed by atoms with Gasteiger partial charge in [0.1, 0.15) is 12.4 Å². The van der Waals surface area contributed by atoms with Gasteiger partial charge in [-0.3, -0.25) is 0 Å². The minimum absolute atomic E-state index is 0.0924. The van der Waals surface area contributed by atoms with Gasteiger partial charge in [-0.1, -0.05) is 31.8 Å². The Kier molecular flexibility index (Phi) is 8.57. The number of rotatable bonds is 8. The fraction of sp³-hybridized carbons (Fsp3) is 0.556. The number of hydrogen-bond donors (Lipinski definition) is 1. The summed E-state index contributed by atoms with van der Waals surface area (Å²) in [5.74, 6) is 7.34. The predicted octanol–water partition coefficient (Wildman–Crippen LogP) is 3.25. The van der Waals surface area contributed by atoms with Crippen LogP contribution in [-0.4, -0.2) is 31.0 Å². The smallest absolute Gasteiger partial charge is 0.120 e. The molecule has 3 nitrogen and oxygen atoms in total. The van der Waals surface area contributed by atoms with Crippen LogP contribution in [0.3, 0.4) is 0 Å². The zero-order valence-corrected chi connectivity index (χ0v) is 13.3. The zero-order chi connectivity index (χ0) is 15.5. The molecule has 1 rings (SSSR count). The van der Waals surface area contributed by atoms with Gasteiger partial charge in [-0.05, 0) is 37.5 Å². The van der Waals surface area contributed by atoms with E-state index in [9.17, 15) is 0 Å². The molecule has 0 saturated heterocycles. The van der Waals surface area contributed by atoms with Crippen molar-refractivity contribution in [2.24, 2.45) is 5.92 Å². The second-order valence-electron chi connectivity index (χ2n) is 5.46. The van der Waals surface area contributed by atoms with Crippen molar-refractivity contribution in [2.45, 2.75) is 39.7 Å². The van der Waals surface area contributed by atoms with Gasteiger partial charge < -0.3 is 14.6 Å². The molecule has 1 aromatic carbocycles. The molecule has 21 heavy (non-hydrogen) atoms. The Morgan fingerprint density at radius 2 is 2.00 bits per heavy atom. The van der Waals surface area contributed by atoms with Crippen LogP contribution in [0.5, 0.6) is 5.75 Å². The van der Waals surface area contributed by atoms with Crippen molar-refractivity contribution >= 4 is 0 Å². The van der Waals surface area contributed by atoms with E-state index in [4.69, 9.17) is 14.6 Å². The molecule has 0 saturated carbocycles. The normalized spacial score (nSPS) is 11.9. The molecule has 0 aromatic heterocycles. The second-order valence-corrected chi connectivity index (χ2v) is 5.46. The van der Waals surface area contributed by atoms with E-state index >= 15 is 0 Å². The highest BCUT2D eigenvalue weighted by Crippen LogP contribution is 2.13. The number of hydrogen-bond acceptors (Lipinski definition) is 3. The van der Waals surface area contributed by atoms with Gasteiger partial charge in [-0.15, -0.1) is 0 Å². The van der Waals surface area contributed by atoms with E-state index in [0.717, 1.165) is 17.7 Å². The van der Waals surface area contributed by atoms with Gasteiger partial charge in [0.15, 0.2) is 0 Å². The Balaban J connectivity index is 2.32. The average molecular weight is 290 g/mol. The van der Waals surface area contributed by atoms with Gasteiger partial charge in [0.2, 0.25) is 0 Å². The maximum Gasteiger partial charge on any atom is 0.120 e. The molecule has 0 amide bonds. The van der Waals surface area contributed by atoms with Crippen LogP contribution >= 0.6 is 0 Å². The first kappa shape index (κ1) is 17.6. The summed E-state index contributed by atoms with van der Waals surface area (Å²) in [4.78, 5) is 0. The molecule has 1 atom stereocenters. The number of benzene rings is 1. The van der Waals surface area contributed by atoms with Crippen molar-refractivity contribution < 1.29 is 14.6 Å². The molecule has 0 fully saturated rings. The van der Waals surface area contributed by atoms with E-state index in [1.54, 1.807) is 0 Å². The molecule has 0 radical (unpaired) electrons. The van der Waals surface area contributed by atoms with Crippen molar-refractivity contribution in [3.63, 3.8) is 0 Å². The molecule has 0 aliphatic heterocycles. The third-order valence-corrected chi connectivity index (χ3v) is 2.86. The van der Waals surface area contributed by atoms with E-state index in [1.807, 2.05) is 24.3 Å². The van der Waals surface area contributed by atoms with Gasteiger partial charge in [0, 0.05) is 12.0 Å². The fourth-order valence-electron chi connectivity index (χ4n) is 2.02. The minimum atomic E-state index is 0.0924. The monoisotopic (exact) mass is 290 g/mol. The van der Waals surface area contributed by atoms with Gasteiger partial charge in [0.25, 0.3) is 0 Å². The highest BCUT2D eigenvalue weighted by atomic mass is 16.5. The van der Waals surface area contributed by atoms with Gasteiger partial charge in [0.05, 0.1) is 19.3 Å². The highest BCUT2D eigenvalue weighted by Gasteiger charge is 2.04. The van der Waals surface area contributed by atoms with E-state index in [0.29, 0.717) is 25.6 Å². The number of aliphatic hydroxyl groups is 1. The summed E-state index contributed by atoms with van der Waals surface area (Å²) in [5.41, 5.74) is 0.898. The summed E-state index contributed by atoms with van der Waals surface area (Å²) in [5, 5.41) is 8.70. The summed E-state index contributed by atoms with van der Waals surface area (Å²) in [7, 11) is 0. The molecule has 116 valence electrons. The highest BCUT2D eigenvalue weighted by molar-refractivity contribution is 5.39. The molecule has 0 heterocycles. The van der Waals surface area contributed by atoms with Crippen LogP contribution in [0.2, 0.25) is 0 Å². The molecule has 3 heteroatoms. The molecule has 0 aliphatic carbocycles. The van der Waals surface area contributed by atoms with Gasteiger partial charge in [-0.2, -0.15) is 0 Å². The Morgan fingerprint density at radius 1 is 1.19 bits per heavy atom. The van der Waals surface area contributed by atoms with Crippen LogP contribution in [0.1, 0.15) is 39.2 Å². The van der Waals surface area contributed by atoms with Gasteiger partial charge in [-0.25, -0.2) is 0 Å². The van der Waals surface area contributed by atoms with Crippen molar-refractivity contribution in [2.75, 3.05) is 19.8 Å². The Bertz CT molecular complexity index is 457. The lowest BCUT2D eigenvalue weighted by Gasteiger charge is -2.15. The predicted molar refractivity (Wildman–Crippen MR) is 85.4 cm³/mol. The summed E-state index contributed by atoms with van der Waals surface area (Å²) in [6.07, 6.45) is 1.83. The SMILES string of the molecule is CC(C)CC(C)OCCOc1cccc(C#CCCO)c1. The van der Waals surface area contributed by atoms with Crippen molar-refractivity contribution in [3.8, 4) is 17.6 Å². The van der Waals surface area contributed by atoms with E-state index in [-0.39, 0.29) is 12.7 Å². The molecular formula is C18H26O3. The summed E-state index contributed by atoms with van der Waals surface area (Å²) < 4.78 is 11.4. The quantitative estimate of drug-likeness (QED) is 0.590. The van der Waals surface area contributed by atoms with E-state index in [1.165, 1.54) is 0 Å². The van der Waals surface area contributed by atoms with Crippen molar-refractivity contribution in [1.29, 1.82) is 0 Å². The summed E-state index contributed by atoms with van der Waals surface area (Å²) in [6.45, 7) is 7.70. The first-order chi connectivity index (χ1) is 10.1. The lowest BCUT2D eigenvalue weighted by molar-refractivity contribution is 0.0331. The standard InChI is InChI=1S/C18H26O3/c1-15(2)13-16(3)20-11-12-21-18-9-6-8-17(14-18)7-4-5-10-19/h6,8-9,14-16,19H,5,10-13H2,1-3H3. The molecule has 1 aromatic rings. The summed E-state index contributed by atoms with van der Waals surface area (Å²) >= 11 is 0. The van der Waals surface area contributed by atoms with Crippen molar-refractivity contribution in [1.82, 2.24) is 0 Å². The van der Waals surface area contributed by atoms with Crippen LogP contribution in [0.25, 0.3) is 0 Å². The minimum Gasteiger partial charge on any atom is -0.491 e. The lowest BCUT2D eigenvalue weighted by Crippen LogP contribution is -2.16. The first-order valence-corrected chi connectivity index (χ1v) is 7.56. The average Bonchev–Trinajstić information content (AvgIpc) is 2.44. The second kappa shape index (κ2) is 10.3. The Morgan fingerprint density at radius 3 is 2.71 bits per heavy atom. The summed E-state index contributed by atoms with van der Waals surface area (Å²) in [6, 6.07) is 7.66. The Labute approximate surface area is 128 Å². The van der Waals surface area contributed by atoms with Crippen LogP contribution in [-0.2, 0) is 4.74 Å². The maximum atomic E-state index is 8.70. The number of aliphatic hydroxyl groups excluding tert-OH is 1. The molecule has 1 N–H and O–H groups in total. The first-order valence-electron chi connectivity index (χ1n) is 7.56. The van der Waals surface area contributed by atoms with Gasteiger partial charge >= 0.3 is 0 Å². The zero-order valence-electron chi connectivity index (χ0n) is 13.3. The number of ether oxygens (including phenoxy) is 2. The van der Waals surface area contributed by atoms with E-state index < -0.39 is 0 Å². The van der Waals surface area contributed by atoms with Crippen LogP contribution < -0.4 is 4.74 Å². The van der Waals surface area contributed by atoms with Crippen molar-refractivity contribution in [3.05, 3.63) is 29.8 Å². The molecule has 0 bridgehead atoms. The van der Waals surface area contributed by atoms with Crippen LogP contribution in [0.4, 0.5) is 0 Å². The maximum absolute atomic E-state index is 8.70. The largest absolute Gasteiger partial charge is 0.491 e. The van der Waals surface area contributed by atoms with Crippen LogP contribution in [0, 0.1) is 17.8 Å². The fourth-order valence-corrected chi connectivity index (χ4v) is 2.02. The topological polar surface area (TPSA) is 38.7 Å². The molecular weight excluding hydrogens is 264 g/mol. The Hall–Kier alpha value is -1.50. The van der Waals surface area contributed by atoms with E-state index in [2.05, 4.69) is 32.6 Å².